The molecule has 1 saturated carbocycles. The van der Waals surface area contributed by atoms with E-state index >= 15 is 0 Å². The van der Waals surface area contributed by atoms with Crippen LogP contribution < -0.4 is 5.32 Å². The monoisotopic (exact) mass is 263 g/mol. The second kappa shape index (κ2) is 7.04. The molecule has 0 bridgehead atoms. The minimum absolute atomic E-state index is 0.0800. The summed E-state index contributed by atoms with van der Waals surface area (Å²) in [5.41, 5.74) is 1.84. The lowest BCUT2D eigenvalue weighted by Gasteiger charge is -2.29. The third kappa shape index (κ3) is 3.79. The van der Waals surface area contributed by atoms with Crippen molar-refractivity contribution >= 4 is 0 Å². The number of nitrogens with one attached hydrogen (secondary N) is 1. The van der Waals surface area contributed by atoms with Gasteiger partial charge in [-0.2, -0.15) is 0 Å². The highest BCUT2D eigenvalue weighted by Gasteiger charge is 2.22. The first kappa shape index (κ1) is 14.5. The summed E-state index contributed by atoms with van der Waals surface area (Å²) >= 11 is 0. The van der Waals surface area contributed by atoms with Gasteiger partial charge in [0.05, 0.1) is 0 Å². The fourth-order valence-corrected chi connectivity index (χ4v) is 3.30. The Labute approximate surface area is 116 Å². The molecule has 0 aromatic heterocycles. The van der Waals surface area contributed by atoms with Gasteiger partial charge in [-0.25, -0.2) is 4.39 Å². The zero-order valence-corrected chi connectivity index (χ0v) is 12.2. The smallest absolute Gasteiger partial charge is 0.126 e. The SMILES string of the molecule is CNC(c1ccc(C)c(F)c1)C1CCCCCCC1. The largest absolute Gasteiger partial charge is 0.313 e. The molecule has 1 nitrogen and oxygen atoms in total. The molecule has 1 atom stereocenters. The summed E-state index contributed by atoms with van der Waals surface area (Å²) in [5, 5.41) is 3.42. The Hall–Kier alpha value is -0.890. The summed E-state index contributed by atoms with van der Waals surface area (Å²) in [4.78, 5) is 0. The van der Waals surface area contributed by atoms with Gasteiger partial charge in [0.15, 0.2) is 0 Å². The molecule has 1 fully saturated rings. The van der Waals surface area contributed by atoms with Crippen molar-refractivity contribution in [1.29, 1.82) is 0 Å². The van der Waals surface area contributed by atoms with Crippen LogP contribution in [0.25, 0.3) is 0 Å². The van der Waals surface area contributed by atoms with Crippen LogP contribution in [0, 0.1) is 18.7 Å². The number of hydrogen-bond acceptors (Lipinski definition) is 1. The molecule has 1 aromatic carbocycles. The fraction of sp³-hybridized carbons (Fsp3) is 0.647. The average Bonchev–Trinajstić information content (AvgIpc) is 2.36. The molecule has 1 aliphatic rings. The van der Waals surface area contributed by atoms with E-state index in [4.69, 9.17) is 0 Å². The van der Waals surface area contributed by atoms with Crippen molar-refractivity contribution in [1.82, 2.24) is 5.32 Å². The fourth-order valence-electron chi connectivity index (χ4n) is 3.30. The molecular weight excluding hydrogens is 237 g/mol. The zero-order valence-electron chi connectivity index (χ0n) is 12.2. The molecule has 1 aromatic rings. The Kier molecular flexibility index (Phi) is 5.38. The highest BCUT2D eigenvalue weighted by atomic mass is 19.1. The second-order valence-corrected chi connectivity index (χ2v) is 5.88. The maximum atomic E-state index is 13.8. The molecule has 2 heteroatoms. The molecule has 2 rings (SSSR count). The van der Waals surface area contributed by atoms with E-state index in [1.54, 1.807) is 6.07 Å². The van der Waals surface area contributed by atoms with Gasteiger partial charge in [-0.1, -0.05) is 44.2 Å². The average molecular weight is 263 g/mol. The summed E-state index contributed by atoms with van der Waals surface area (Å²) < 4.78 is 13.8. The summed E-state index contributed by atoms with van der Waals surface area (Å²) in [7, 11) is 2.00. The van der Waals surface area contributed by atoms with Crippen molar-refractivity contribution in [3.05, 3.63) is 35.1 Å². The van der Waals surface area contributed by atoms with E-state index in [9.17, 15) is 4.39 Å². The van der Waals surface area contributed by atoms with Crippen LogP contribution in [-0.2, 0) is 0 Å². The van der Waals surface area contributed by atoms with Crippen molar-refractivity contribution < 1.29 is 4.39 Å². The van der Waals surface area contributed by atoms with E-state index in [-0.39, 0.29) is 5.82 Å². The van der Waals surface area contributed by atoms with Crippen molar-refractivity contribution in [3.8, 4) is 0 Å². The van der Waals surface area contributed by atoms with Gasteiger partial charge in [-0.05, 0) is 49.9 Å². The van der Waals surface area contributed by atoms with Gasteiger partial charge in [-0.15, -0.1) is 0 Å². The molecular formula is C17H26FN. The Balaban J connectivity index is 2.14. The summed E-state index contributed by atoms with van der Waals surface area (Å²) in [6, 6.07) is 6.00. The normalized spacial score (nSPS) is 19.7. The summed E-state index contributed by atoms with van der Waals surface area (Å²) in [6.45, 7) is 1.82. The van der Waals surface area contributed by atoms with Crippen LogP contribution in [0.15, 0.2) is 18.2 Å². The number of hydrogen-bond donors (Lipinski definition) is 1. The Morgan fingerprint density at radius 3 is 2.32 bits per heavy atom. The van der Waals surface area contributed by atoms with Crippen molar-refractivity contribution in [2.24, 2.45) is 5.92 Å². The lowest BCUT2D eigenvalue weighted by molar-refractivity contribution is 0.299. The van der Waals surface area contributed by atoms with Crippen molar-refractivity contribution in [2.75, 3.05) is 7.05 Å². The quantitative estimate of drug-likeness (QED) is 0.829. The molecule has 1 aliphatic carbocycles. The molecule has 0 amide bonds. The van der Waals surface area contributed by atoms with Gasteiger partial charge in [0, 0.05) is 6.04 Å². The van der Waals surface area contributed by atoms with E-state index in [0.29, 0.717) is 12.0 Å². The van der Waals surface area contributed by atoms with Crippen LogP contribution in [-0.4, -0.2) is 7.05 Å². The predicted octanol–water partition coefficient (Wildman–Crippen LogP) is 4.76. The van der Waals surface area contributed by atoms with Gasteiger partial charge in [0.25, 0.3) is 0 Å². The minimum atomic E-state index is -0.0800. The standard InChI is InChI=1S/C17H26FN/c1-13-10-11-15(12-16(13)18)17(19-2)14-8-6-4-3-5-7-9-14/h10-12,14,17,19H,3-9H2,1-2H3. The molecule has 0 aliphatic heterocycles. The van der Waals surface area contributed by atoms with Crippen LogP contribution in [0.4, 0.5) is 4.39 Å². The molecule has 106 valence electrons. The van der Waals surface area contributed by atoms with Crippen LogP contribution in [0.5, 0.6) is 0 Å². The maximum absolute atomic E-state index is 13.8. The number of aryl methyl sites for hydroxylation is 1. The van der Waals surface area contributed by atoms with E-state index in [0.717, 1.165) is 11.1 Å². The van der Waals surface area contributed by atoms with Crippen molar-refractivity contribution in [3.63, 3.8) is 0 Å². The van der Waals surface area contributed by atoms with Crippen molar-refractivity contribution in [2.45, 2.75) is 57.9 Å². The van der Waals surface area contributed by atoms with Gasteiger partial charge in [0.1, 0.15) is 5.82 Å². The molecule has 19 heavy (non-hydrogen) atoms. The predicted molar refractivity (Wildman–Crippen MR) is 78.7 cm³/mol. The van der Waals surface area contributed by atoms with Gasteiger partial charge >= 0.3 is 0 Å². The molecule has 0 saturated heterocycles. The van der Waals surface area contributed by atoms with E-state index in [1.807, 2.05) is 20.0 Å². The minimum Gasteiger partial charge on any atom is -0.313 e. The summed E-state index contributed by atoms with van der Waals surface area (Å²) in [6.07, 6.45) is 9.26. The maximum Gasteiger partial charge on any atom is 0.126 e. The first-order chi connectivity index (χ1) is 9.22. The molecule has 0 radical (unpaired) electrons. The van der Waals surface area contributed by atoms with Crippen LogP contribution in [0.2, 0.25) is 0 Å². The highest BCUT2D eigenvalue weighted by molar-refractivity contribution is 5.26. The zero-order chi connectivity index (χ0) is 13.7. The number of rotatable bonds is 3. The third-order valence-electron chi connectivity index (χ3n) is 4.49. The van der Waals surface area contributed by atoms with E-state index in [1.165, 1.54) is 44.9 Å². The first-order valence-corrected chi connectivity index (χ1v) is 7.65. The Morgan fingerprint density at radius 2 is 1.74 bits per heavy atom. The second-order valence-electron chi connectivity index (χ2n) is 5.88. The van der Waals surface area contributed by atoms with Crippen LogP contribution in [0.1, 0.15) is 62.1 Å². The third-order valence-corrected chi connectivity index (χ3v) is 4.49. The van der Waals surface area contributed by atoms with E-state index in [2.05, 4.69) is 11.4 Å². The van der Waals surface area contributed by atoms with Crippen LogP contribution >= 0.6 is 0 Å². The first-order valence-electron chi connectivity index (χ1n) is 7.65. The lowest BCUT2D eigenvalue weighted by atomic mass is 9.83. The van der Waals surface area contributed by atoms with Gasteiger partial charge in [-0.3, -0.25) is 0 Å². The lowest BCUT2D eigenvalue weighted by Crippen LogP contribution is -2.26. The summed E-state index contributed by atoms with van der Waals surface area (Å²) in [5.74, 6) is 0.566. The molecule has 0 spiro atoms. The molecule has 1 unspecified atom stereocenters. The molecule has 1 N–H and O–H groups in total. The Bertz CT molecular complexity index is 394. The van der Waals surface area contributed by atoms with Gasteiger partial charge in [0.2, 0.25) is 0 Å². The Morgan fingerprint density at radius 1 is 1.11 bits per heavy atom. The molecule has 0 heterocycles. The topological polar surface area (TPSA) is 12.0 Å². The van der Waals surface area contributed by atoms with Crippen LogP contribution in [0.3, 0.4) is 0 Å². The number of benzene rings is 1. The number of halogens is 1. The van der Waals surface area contributed by atoms with E-state index < -0.39 is 0 Å². The van der Waals surface area contributed by atoms with Gasteiger partial charge < -0.3 is 5.32 Å². The highest BCUT2D eigenvalue weighted by Crippen LogP contribution is 2.33.